The van der Waals surface area contributed by atoms with Crippen LogP contribution in [-0.4, -0.2) is 57.8 Å². The van der Waals surface area contributed by atoms with Crippen molar-refractivity contribution >= 4 is 5.91 Å². The van der Waals surface area contributed by atoms with Gasteiger partial charge in [0.15, 0.2) is 0 Å². The summed E-state index contributed by atoms with van der Waals surface area (Å²) in [6.07, 6.45) is 7.14. The minimum Gasteiger partial charge on any atom is -0.490 e. The Labute approximate surface area is 196 Å². The van der Waals surface area contributed by atoms with Crippen molar-refractivity contribution < 1.29 is 9.53 Å². The Bertz CT molecular complexity index is 1010. The first-order valence-electron chi connectivity index (χ1n) is 11.9. The highest BCUT2D eigenvalue weighted by Crippen LogP contribution is 2.21. The van der Waals surface area contributed by atoms with Crippen molar-refractivity contribution in [3.05, 3.63) is 83.7 Å². The van der Waals surface area contributed by atoms with Crippen LogP contribution in [0.2, 0.25) is 0 Å². The van der Waals surface area contributed by atoms with Gasteiger partial charge in [0, 0.05) is 57.1 Å². The van der Waals surface area contributed by atoms with Crippen molar-refractivity contribution in [3.63, 3.8) is 0 Å². The Balaban J connectivity index is 1.24. The van der Waals surface area contributed by atoms with Gasteiger partial charge in [-0.1, -0.05) is 30.3 Å². The van der Waals surface area contributed by atoms with Gasteiger partial charge < -0.3 is 14.5 Å². The van der Waals surface area contributed by atoms with Gasteiger partial charge in [0.1, 0.15) is 11.9 Å². The summed E-state index contributed by atoms with van der Waals surface area (Å²) in [6, 6.07) is 18.3. The molecule has 0 aliphatic carbocycles. The Kier molecular flexibility index (Phi) is 7.79. The lowest BCUT2D eigenvalue weighted by molar-refractivity contribution is 0.0752. The van der Waals surface area contributed by atoms with Crippen LogP contribution in [0.5, 0.6) is 5.75 Å². The van der Waals surface area contributed by atoms with Crippen molar-refractivity contribution in [2.24, 2.45) is 7.05 Å². The number of piperidine rings is 1. The van der Waals surface area contributed by atoms with E-state index in [0.717, 1.165) is 50.2 Å². The highest BCUT2D eigenvalue weighted by molar-refractivity contribution is 5.94. The third-order valence-electron chi connectivity index (χ3n) is 6.30. The van der Waals surface area contributed by atoms with Crippen molar-refractivity contribution in [3.8, 4) is 5.75 Å². The quantitative estimate of drug-likeness (QED) is 0.495. The summed E-state index contributed by atoms with van der Waals surface area (Å²) in [4.78, 5) is 17.3. The molecule has 1 amide bonds. The molecule has 6 heteroatoms. The van der Waals surface area contributed by atoms with Gasteiger partial charge in [-0.25, -0.2) is 0 Å². The third-order valence-corrected chi connectivity index (χ3v) is 6.30. The number of hydrogen-bond acceptors (Lipinski definition) is 4. The Morgan fingerprint density at radius 1 is 1.06 bits per heavy atom. The number of hydrogen-bond donors (Lipinski definition) is 0. The van der Waals surface area contributed by atoms with Gasteiger partial charge in [-0.05, 0) is 56.0 Å². The number of aryl methyl sites for hydroxylation is 1. The predicted molar refractivity (Wildman–Crippen MR) is 130 cm³/mol. The van der Waals surface area contributed by atoms with Crippen LogP contribution in [0, 0.1) is 0 Å². The third kappa shape index (κ3) is 6.45. The Morgan fingerprint density at radius 3 is 2.42 bits per heavy atom. The molecule has 6 nitrogen and oxygen atoms in total. The van der Waals surface area contributed by atoms with Gasteiger partial charge in [-0.15, -0.1) is 0 Å². The lowest BCUT2D eigenvalue weighted by atomic mass is 10.1. The van der Waals surface area contributed by atoms with E-state index in [9.17, 15) is 4.79 Å². The molecular weight excluding hydrogens is 412 g/mol. The lowest BCUT2D eigenvalue weighted by Gasteiger charge is -2.32. The zero-order chi connectivity index (χ0) is 23.0. The fourth-order valence-electron chi connectivity index (χ4n) is 4.33. The van der Waals surface area contributed by atoms with Crippen LogP contribution in [0.4, 0.5) is 0 Å². The normalized spacial score (nSPS) is 14.8. The monoisotopic (exact) mass is 446 g/mol. The average Bonchev–Trinajstić information content (AvgIpc) is 3.27. The van der Waals surface area contributed by atoms with Crippen molar-refractivity contribution in [1.82, 2.24) is 19.6 Å². The number of likely N-dealkylation sites (tertiary alicyclic amines) is 1. The molecule has 0 radical (unpaired) electrons. The maximum absolute atomic E-state index is 12.9. The molecule has 0 atom stereocenters. The zero-order valence-electron chi connectivity index (χ0n) is 19.7. The molecule has 1 fully saturated rings. The summed E-state index contributed by atoms with van der Waals surface area (Å²) in [5, 5.41) is 4.19. The van der Waals surface area contributed by atoms with Crippen molar-refractivity contribution in [2.75, 3.05) is 26.2 Å². The molecule has 0 saturated carbocycles. The van der Waals surface area contributed by atoms with Gasteiger partial charge in [-0.3, -0.25) is 9.48 Å². The van der Waals surface area contributed by atoms with E-state index in [1.54, 1.807) is 10.9 Å². The van der Waals surface area contributed by atoms with Gasteiger partial charge in [0.25, 0.3) is 5.91 Å². The summed E-state index contributed by atoms with van der Waals surface area (Å²) < 4.78 is 7.98. The van der Waals surface area contributed by atoms with Gasteiger partial charge in [0.2, 0.25) is 0 Å². The van der Waals surface area contributed by atoms with E-state index in [2.05, 4.69) is 40.3 Å². The van der Waals surface area contributed by atoms with E-state index in [0.29, 0.717) is 18.7 Å². The van der Waals surface area contributed by atoms with Crippen molar-refractivity contribution in [2.45, 2.75) is 38.8 Å². The summed E-state index contributed by atoms with van der Waals surface area (Å²) in [6.45, 7) is 6.43. The first kappa shape index (κ1) is 23.1. The standard InChI is InChI=1S/C27H34N4O2/c1-3-31(21-23-19-28-29(2)20-23)27(32)24-9-11-25(12-10-24)33-26-14-17-30(18-15-26)16-13-22-7-5-4-6-8-22/h4-12,19-20,26H,3,13-18,21H2,1-2H3. The maximum Gasteiger partial charge on any atom is 0.254 e. The molecule has 0 bridgehead atoms. The number of benzene rings is 2. The van der Waals surface area contributed by atoms with Crippen LogP contribution in [0.1, 0.15) is 41.3 Å². The molecule has 0 N–H and O–H groups in total. The van der Waals surface area contributed by atoms with Crippen LogP contribution in [0.25, 0.3) is 0 Å². The molecule has 0 unspecified atom stereocenters. The van der Waals surface area contributed by atoms with E-state index < -0.39 is 0 Å². The summed E-state index contributed by atoms with van der Waals surface area (Å²) >= 11 is 0. The van der Waals surface area contributed by atoms with E-state index in [1.807, 2.05) is 49.3 Å². The van der Waals surface area contributed by atoms with Crippen LogP contribution in [0.15, 0.2) is 67.0 Å². The average molecular weight is 447 g/mol. The smallest absolute Gasteiger partial charge is 0.254 e. The first-order valence-corrected chi connectivity index (χ1v) is 11.9. The minimum atomic E-state index is 0.0274. The number of ether oxygens (including phenoxy) is 1. The molecule has 1 saturated heterocycles. The van der Waals surface area contributed by atoms with Crippen LogP contribution in [-0.2, 0) is 20.0 Å². The summed E-state index contributed by atoms with van der Waals surface area (Å²) in [5.41, 5.74) is 3.11. The number of rotatable bonds is 9. The highest BCUT2D eigenvalue weighted by Gasteiger charge is 2.21. The van der Waals surface area contributed by atoms with Crippen LogP contribution < -0.4 is 4.74 Å². The molecule has 1 aliphatic rings. The fraction of sp³-hybridized carbons (Fsp3) is 0.407. The molecule has 1 aliphatic heterocycles. The second kappa shape index (κ2) is 11.1. The van der Waals surface area contributed by atoms with Crippen LogP contribution in [0.3, 0.4) is 0 Å². The SMILES string of the molecule is CCN(Cc1cnn(C)c1)C(=O)c1ccc(OC2CCN(CCc3ccccc3)CC2)cc1. The van der Waals surface area contributed by atoms with Crippen LogP contribution >= 0.6 is 0 Å². The largest absolute Gasteiger partial charge is 0.490 e. The number of nitrogens with zero attached hydrogens (tertiary/aromatic N) is 4. The number of carbonyl (C=O) groups is 1. The lowest BCUT2D eigenvalue weighted by Crippen LogP contribution is -2.39. The number of aromatic nitrogens is 2. The first-order chi connectivity index (χ1) is 16.1. The highest BCUT2D eigenvalue weighted by atomic mass is 16.5. The molecule has 0 spiro atoms. The second-order valence-corrected chi connectivity index (χ2v) is 8.76. The molecule has 3 aromatic rings. The van der Waals surface area contributed by atoms with Crippen molar-refractivity contribution in [1.29, 1.82) is 0 Å². The van der Waals surface area contributed by atoms with E-state index >= 15 is 0 Å². The Hall–Kier alpha value is -3.12. The summed E-state index contributed by atoms with van der Waals surface area (Å²) in [7, 11) is 1.88. The summed E-state index contributed by atoms with van der Waals surface area (Å²) in [5.74, 6) is 0.865. The molecule has 2 heterocycles. The van der Waals surface area contributed by atoms with Gasteiger partial charge >= 0.3 is 0 Å². The molecule has 174 valence electrons. The molecule has 2 aromatic carbocycles. The molecule has 1 aromatic heterocycles. The predicted octanol–water partition coefficient (Wildman–Crippen LogP) is 4.17. The Morgan fingerprint density at radius 2 is 1.79 bits per heavy atom. The molecule has 33 heavy (non-hydrogen) atoms. The second-order valence-electron chi connectivity index (χ2n) is 8.76. The number of amides is 1. The maximum atomic E-state index is 12.9. The molecular formula is C27H34N4O2. The van der Waals surface area contributed by atoms with Gasteiger partial charge in [0.05, 0.1) is 6.20 Å². The number of carbonyl (C=O) groups excluding carboxylic acids is 1. The van der Waals surface area contributed by atoms with Gasteiger partial charge in [-0.2, -0.15) is 5.10 Å². The zero-order valence-corrected chi connectivity index (χ0v) is 19.7. The minimum absolute atomic E-state index is 0.0274. The molecule has 4 rings (SSSR count). The fourth-order valence-corrected chi connectivity index (χ4v) is 4.33. The topological polar surface area (TPSA) is 50.6 Å². The van der Waals surface area contributed by atoms with E-state index in [1.165, 1.54) is 5.56 Å². The van der Waals surface area contributed by atoms with E-state index in [-0.39, 0.29) is 12.0 Å². The van der Waals surface area contributed by atoms with E-state index in [4.69, 9.17) is 4.74 Å².